The van der Waals surface area contributed by atoms with E-state index in [9.17, 15) is 19.7 Å². The zero-order valence-electron chi connectivity index (χ0n) is 22.2. The molecule has 0 radical (unpaired) electrons. The van der Waals surface area contributed by atoms with E-state index in [-0.39, 0.29) is 23.4 Å². The number of esters is 1. The van der Waals surface area contributed by atoms with Gasteiger partial charge in [-0.2, -0.15) is 0 Å². The molecule has 11 heteroatoms. The second kappa shape index (κ2) is 11.6. The van der Waals surface area contributed by atoms with Crippen LogP contribution in [0.15, 0.2) is 98.8 Å². The Morgan fingerprint density at radius 2 is 1.95 bits per heavy atom. The van der Waals surface area contributed by atoms with Crippen LogP contribution in [0, 0.1) is 10.1 Å². The van der Waals surface area contributed by atoms with Gasteiger partial charge in [-0.05, 0) is 49.7 Å². The molecule has 41 heavy (non-hydrogen) atoms. The highest BCUT2D eigenvalue weighted by Gasteiger charge is 2.33. The first-order chi connectivity index (χ1) is 19.8. The fourth-order valence-corrected chi connectivity index (χ4v) is 5.58. The van der Waals surface area contributed by atoms with Crippen LogP contribution in [0.25, 0.3) is 17.4 Å². The Kier molecular flexibility index (Phi) is 7.79. The van der Waals surface area contributed by atoms with Crippen molar-refractivity contribution < 1.29 is 23.6 Å². The number of nitro groups is 1. The minimum absolute atomic E-state index is 0.0874. The van der Waals surface area contributed by atoms with Crippen LogP contribution in [0.3, 0.4) is 0 Å². The fourth-order valence-electron chi connectivity index (χ4n) is 4.55. The number of carbonyl (C=O) groups is 1. The fraction of sp³-hybridized carbons (Fsp3) is 0.167. The van der Waals surface area contributed by atoms with E-state index in [1.807, 2.05) is 0 Å². The maximum Gasteiger partial charge on any atom is 0.338 e. The van der Waals surface area contributed by atoms with Crippen molar-refractivity contribution in [1.82, 2.24) is 4.57 Å². The number of nitro benzene ring substituents is 1. The van der Waals surface area contributed by atoms with Crippen molar-refractivity contribution >= 4 is 29.1 Å². The van der Waals surface area contributed by atoms with Gasteiger partial charge in [-0.1, -0.05) is 48.3 Å². The zero-order chi connectivity index (χ0) is 29.1. The van der Waals surface area contributed by atoms with Crippen LogP contribution in [0.5, 0.6) is 5.75 Å². The van der Waals surface area contributed by atoms with Gasteiger partial charge in [-0.3, -0.25) is 19.5 Å². The monoisotopic (exact) mass is 571 g/mol. The number of thiazole rings is 1. The molecule has 4 aromatic rings. The predicted molar refractivity (Wildman–Crippen MR) is 153 cm³/mol. The van der Waals surface area contributed by atoms with Gasteiger partial charge in [0, 0.05) is 12.1 Å². The maximum atomic E-state index is 13.8. The number of rotatable bonds is 9. The van der Waals surface area contributed by atoms with Gasteiger partial charge in [0.05, 0.1) is 38.9 Å². The number of para-hydroxylation sites is 1. The highest BCUT2D eigenvalue weighted by molar-refractivity contribution is 7.07. The standard InChI is InChI=1S/C30H25N3O7S/c1-4-16-39-20-12-10-19(11-13-20)27-26(29(35)38-5-2)18(3)31-30-32(27)28(34)25(41-30)17-21-14-15-24(40-21)22-8-6-7-9-23(22)33(36)37/h4,6-15,17,27H,1,5,16H2,2-3H3/b25-17-/t27-/m0/s1. The van der Waals surface area contributed by atoms with Gasteiger partial charge >= 0.3 is 5.97 Å². The summed E-state index contributed by atoms with van der Waals surface area (Å²) in [5.74, 6) is 0.699. The van der Waals surface area contributed by atoms with Gasteiger partial charge in [0.15, 0.2) is 4.80 Å². The zero-order valence-corrected chi connectivity index (χ0v) is 23.1. The van der Waals surface area contributed by atoms with Crippen LogP contribution >= 0.6 is 11.3 Å². The number of hydrogen-bond donors (Lipinski definition) is 0. The van der Waals surface area contributed by atoms with Crippen molar-refractivity contribution in [2.24, 2.45) is 4.99 Å². The van der Waals surface area contributed by atoms with Crippen molar-refractivity contribution in [1.29, 1.82) is 0 Å². The number of aromatic nitrogens is 1. The van der Waals surface area contributed by atoms with Gasteiger partial charge < -0.3 is 13.9 Å². The molecule has 2 aromatic heterocycles. The number of nitrogens with zero attached hydrogens (tertiary/aromatic N) is 3. The van der Waals surface area contributed by atoms with Gasteiger partial charge in [0.2, 0.25) is 0 Å². The Hall–Kier alpha value is -5.03. The number of carbonyl (C=O) groups excluding carboxylic acids is 1. The molecule has 0 fully saturated rings. The third-order valence-electron chi connectivity index (χ3n) is 6.35. The molecule has 0 unspecified atom stereocenters. The van der Waals surface area contributed by atoms with Gasteiger partial charge in [-0.25, -0.2) is 9.79 Å². The molecule has 0 spiro atoms. The average Bonchev–Trinajstić information content (AvgIpc) is 3.55. The van der Waals surface area contributed by atoms with Crippen molar-refractivity contribution in [3.8, 4) is 17.1 Å². The van der Waals surface area contributed by atoms with Gasteiger partial charge in [0.25, 0.3) is 11.2 Å². The van der Waals surface area contributed by atoms with E-state index in [1.54, 1.807) is 80.6 Å². The molecule has 0 amide bonds. The Morgan fingerprint density at radius 1 is 1.20 bits per heavy atom. The molecule has 208 valence electrons. The summed E-state index contributed by atoms with van der Waals surface area (Å²) in [5, 5.41) is 11.5. The number of ether oxygens (including phenoxy) is 2. The SMILES string of the molecule is C=CCOc1ccc([C@H]2C(C(=O)OCC)=C(C)N=c3s/c(=C\c4ccc(-c5ccccc5[N+](=O)[O-])o4)c(=O)n32)cc1. The minimum Gasteiger partial charge on any atom is -0.490 e. The quantitative estimate of drug-likeness (QED) is 0.125. The Bertz CT molecular complexity index is 1860. The van der Waals surface area contributed by atoms with Crippen LogP contribution in [0.4, 0.5) is 5.69 Å². The second-order valence-corrected chi connectivity index (χ2v) is 9.96. The first-order valence-corrected chi connectivity index (χ1v) is 13.5. The lowest BCUT2D eigenvalue weighted by Crippen LogP contribution is -2.39. The highest BCUT2D eigenvalue weighted by atomic mass is 32.1. The van der Waals surface area contributed by atoms with E-state index in [2.05, 4.69) is 11.6 Å². The summed E-state index contributed by atoms with van der Waals surface area (Å²) < 4.78 is 18.6. The number of furan rings is 1. The summed E-state index contributed by atoms with van der Waals surface area (Å²) >= 11 is 1.15. The van der Waals surface area contributed by atoms with Crippen LogP contribution in [-0.4, -0.2) is 28.7 Å². The van der Waals surface area contributed by atoms with Crippen molar-refractivity contribution in [3.63, 3.8) is 0 Å². The molecule has 5 rings (SSSR count). The average molecular weight is 572 g/mol. The molecule has 10 nitrogen and oxygen atoms in total. The molecule has 0 N–H and O–H groups in total. The van der Waals surface area contributed by atoms with E-state index in [0.29, 0.717) is 50.0 Å². The van der Waals surface area contributed by atoms with E-state index in [0.717, 1.165) is 11.3 Å². The van der Waals surface area contributed by atoms with Gasteiger partial charge in [0.1, 0.15) is 23.9 Å². The topological polar surface area (TPSA) is 126 Å². The van der Waals surface area contributed by atoms with E-state index in [1.165, 1.54) is 10.6 Å². The van der Waals surface area contributed by atoms with Crippen molar-refractivity contribution in [3.05, 3.63) is 126 Å². The summed E-state index contributed by atoms with van der Waals surface area (Å²) in [6.45, 7) is 7.58. The molecule has 0 aliphatic carbocycles. The Balaban J connectivity index is 1.61. The molecule has 0 saturated heterocycles. The molecule has 0 bridgehead atoms. The van der Waals surface area contributed by atoms with Crippen LogP contribution in [0.2, 0.25) is 0 Å². The molecule has 2 aromatic carbocycles. The number of allylic oxidation sites excluding steroid dienone is 1. The molecule has 1 aliphatic rings. The summed E-state index contributed by atoms with van der Waals surface area (Å²) in [6, 6.07) is 15.9. The largest absolute Gasteiger partial charge is 0.490 e. The summed E-state index contributed by atoms with van der Waals surface area (Å²) in [7, 11) is 0. The van der Waals surface area contributed by atoms with Crippen molar-refractivity contribution in [2.75, 3.05) is 13.2 Å². The summed E-state index contributed by atoms with van der Waals surface area (Å²) in [6.07, 6.45) is 3.20. The van der Waals surface area contributed by atoms with Crippen LogP contribution in [-0.2, 0) is 9.53 Å². The number of fused-ring (bicyclic) bond motifs is 1. The lowest BCUT2D eigenvalue weighted by Gasteiger charge is -2.24. The van der Waals surface area contributed by atoms with E-state index < -0.39 is 16.9 Å². The third kappa shape index (κ3) is 5.39. The van der Waals surface area contributed by atoms with E-state index in [4.69, 9.17) is 13.9 Å². The third-order valence-corrected chi connectivity index (χ3v) is 7.33. The van der Waals surface area contributed by atoms with Crippen LogP contribution in [0.1, 0.15) is 31.2 Å². The molecule has 1 atom stereocenters. The molecular formula is C30H25N3O7S. The Labute approximate surface area is 238 Å². The normalized spacial score (nSPS) is 14.8. The number of benzene rings is 2. The highest BCUT2D eigenvalue weighted by Crippen LogP contribution is 2.33. The molecule has 0 saturated carbocycles. The minimum atomic E-state index is -0.778. The smallest absolute Gasteiger partial charge is 0.338 e. The van der Waals surface area contributed by atoms with E-state index >= 15 is 0 Å². The molecule has 3 heterocycles. The second-order valence-electron chi connectivity index (χ2n) is 8.95. The molecular weight excluding hydrogens is 546 g/mol. The van der Waals surface area contributed by atoms with Gasteiger partial charge in [-0.15, -0.1) is 0 Å². The predicted octanol–water partition coefficient (Wildman–Crippen LogP) is 4.53. The lowest BCUT2D eigenvalue weighted by atomic mass is 9.96. The maximum absolute atomic E-state index is 13.8. The lowest BCUT2D eigenvalue weighted by molar-refractivity contribution is -0.384. The Morgan fingerprint density at radius 3 is 2.66 bits per heavy atom. The number of hydrogen-bond acceptors (Lipinski definition) is 9. The van der Waals surface area contributed by atoms with Crippen molar-refractivity contribution in [2.45, 2.75) is 19.9 Å². The first-order valence-electron chi connectivity index (χ1n) is 12.7. The first kappa shape index (κ1) is 27.5. The summed E-state index contributed by atoms with van der Waals surface area (Å²) in [5.41, 5.74) is 1.26. The molecule has 1 aliphatic heterocycles. The van der Waals surface area contributed by atoms with Crippen LogP contribution < -0.4 is 19.6 Å². The summed E-state index contributed by atoms with van der Waals surface area (Å²) in [4.78, 5) is 42.8.